The molecule has 27 heavy (non-hydrogen) atoms. The van der Waals surface area contributed by atoms with E-state index in [0.717, 1.165) is 11.4 Å². The Kier molecular flexibility index (Phi) is 5.19. The number of aryl methyl sites for hydroxylation is 2. The fraction of sp³-hybridized carbons (Fsp3) is 0.421. The van der Waals surface area contributed by atoms with Gasteiger partial charge in [-0.1, -0.05) is 0 Å². The molecular weight excluding hydrogens is 368 g/mol. The summed E-state index contributed by atoms with van der Waals surface area (Å²) in [5.74, 6) is -0.665. The summed E-state index contributed by atoms with van der Waals surface area (Å²) in [6.45, 7) is 5.07. The summed E-state index contributed by atoms with van der Waals surface area (Å²) >= 11 is 0. The summed E-state index contributed by atoms with van der Waals surface area (Å²) in [5, 5.41) is 0. The van der Waals surface area contributed by atoms with Gasteiger partial charge in [0.15, 0.2) is 16.4 Å². The van der Waals surface area contributed by atoms with Crippen LogP contribution in [0, 0.1) is 20.8 Å². The predicted molar refractivity (Wildman–Crippen MR) is 99.8 cm³/mol. The fourth-order valence-electron chi connectivity index (χ4n) is 3.48. The van der Waals surface area contributed by atoms with Crippen LogP contribution in [0.4, 0.5) is 0 Å². The van der Waals surface area contributed by atoms with Gasteiger partial charge in [-0.05, 0) is 45.4 Å². The minimum atomic E-state index is -3.02. The van der Waals surface area contributed by atoms with Crippen LogP contribution in [-0.4, -0.2) is 47.8 Å². The van der Waals surface area contributed by atoms with E-state index in [0.29, 0.717) is 17.7 Å². The summed E-state index contributed by atoms with van der Waals surface area (Å²) in [4.78, 5) is 28.6. The topological polar surface area (TPSA) is 95.3 Å². The maximum atomic E-state index is 12.5. The molecule has 1 unspecified atom stereocenters. The first-order chi connectivity index (χ1) is 12.7. The first kappa shape index (κ1) is 19.3. The highest BCUT2D eigenvalue weighted by Gasteiger charge is 2.31. The summed E-state index contributed by atoms with van der Waals surface area (Å²) < 4.78 is 30.6. The Morgan fingerprint density at radius 1 is 1.26 bits per heavy atom. The Bertz CT molecular complexity index is 990. The lowest BCUT2D eigenvalue weighted by Crippen LogP contribution is -2.17. The van der Waals surface area contributed by atoms with Gasteiger partial charge in [0.05, 0.1) is 17.1 Å². The maximum absolute atomic E-state index is 12.5. The summed E-state index contributed by atoms with van der Waals surface area (Å²) in [6, 6.07) is 4.87. The van der Waals surface area contributed by atoms with E-state index < -0.39 is 15.8 Å². The van der Waals surface area contributed by atoms with E-state index >= 15 is 0 Å². The molecule has 2 aromatic rings. The average molecular weight is 390 g/mol. The van der Waals surface area contributed by atoms with Crippen molar-refractivity contribution in [2.75, 3.05) is 18.1 Å². The van der Waals surface area contributed by atoms with Gasteiger partial charge < -0.3 is 9.30 Å². The van der Waals surface area contributed by atoms with Crippen molar-refractivity contribution in [1.82, 2.24) is 9.55 Å². The number of sulfone groups is 1. The molecule has 0 bridgehead atoms. The number of carbonyl (C=O) groups is 2. The molecule has 1 atom stereocenters. The molecule has 7 nitrogen and oxygen atoms in total. The van der Waals surface area contributed by atoms with E-state index in [2.05, 4.69) is 4.98 Å². The van der Waals surface area contributed by atoms with E-state index in [4.69, 9.17) is 4.74 Å². The molecule has 0 N–H and O–H groups in total. The number of pyridine rings is 1. The molecule has 0 aliphatic carbocycles. The smallest absolute Gasteiger partial charge is 0.340 e. The predicted octanol–water partition coefficient (Wildman–Crippen LogP) is 2.21. The van der Waals surface area contributed by atoms with Crippen molar-refractivity contribution in [2.45, 2.75) is 33.2 Å². The number of ether oxygens (including phenoxy) is 1. The molecule has 3 rings (SSSR count). The number of aromatic nitrogens is 2. The van der Waals surface area contributed by atoms with Gasteiger partial charge in [0, 0.05) is 34.9 Å². The van der Waals surface area contributed by atoms with Crippen molar-refractivity contribution in [1.29, 1.82) is 0 Å². The second-order valence-corrected chi connectivity index (χ2v) is 9.13. The van der Waals surface area contributed by atoms with E-state index in [-0.39, 0.29) is 35.5 Å². The average Bonchev–Trinajstić information content (AvgIpc) is 3.11. The zero-order valence-electron chi connectivity index (χ0n) is 15.6. The van der Waals surface area contributed by atoms with Crippen LogP contribution < -0.4 is 0 Å². The Morgan fingerprint density at radius 2 is 2.00 bits per heavy atom. The van der Waals surface area contributed by atoms with Crippen LogP contribution in [0.25, 0.3) is 0 Å². The summed E-state index contributed by atoms with van der Waals surface area (Å²) in [7, 11) is -3.02. The molecular formula is C19H22N2O5S. The van der Waals surface area contributed by atoms with Crippen LogP contribution in [0.15, 0.2) is 24.4 Å². The molecule has 1 aliphatic heterocycles. The number of hydrogen-bond donors (Lipinski definition) is 0. The largest absolute Gasteiger partial charge is 0.454 e. The minimum absolute atomic E-state index is 0.0897. The van der Waals surface area contributed by atoms with Crippen LogP contribution in [0.1, 0.15) is 50.3 Å². The van der Waals surface area contributed by atoms with Crippen LogP contribution >= 0.6 is 0 Å². The van der Waals surface area contributed by atoms with E-state index in [1.165, 1.54) is 6.20 Å². The normalized spacial score (nSPS) is 18.4. The van der Waals surface area contributed by atoms with Crippen molar-refractivity contribution < 1.29 is 22.7 Å². The van der Waals surface area contributed by atoms with Gasteiger partial charge in [0.2, 0.25) is 5.78 Å². The van der Waals surface area contributed by atoms with Gasteiger partial charge >= 0.3 is 5.97 Å². The van der Waals surface area contributed by atoms with Gasteiger partial charge in [0.25, 0.3) is 0 Å². The standard InChI is InChI=1S/C19H22N2O5S/c1-12-4-5-15(9-20-12)19(23)26-10-18(22)17-8-13(2)21(14(17)3)16-6-7-27(24,25)11-16/h4-5,8-9,16H,6-7,10-11H2,1-3H3. The Labute approximate surface area is 158 Å². The monoisotopic (exact) mass is 390 g/mol. The van der Waals surface area contributed by atoms with Crippen LogP contribution in [-0.2, 0) is 14.6 Å². The molecule has 3 heterocycles. The summed E-state index contributed by atoms with van der Waals surface area (Å²) in [6.07, 6.45) is 1.95. The number of ketones is 1. The maximum Gasteiger partial charge on any atom is 0.340 e. The molecule has 1 fully saturated rings. The molecule has 0 aromatic carbocycles. The Hall–Kier alpha value is -2.48. The number of esters is 1. The van der Waals surface area contributed by atoms with Crippen LogP contribution in [0.3, 0.4) is 0 Å². The molecule has 0 saturated carbocycles. The number of hydrogen-bond acceptors (Lipinski definition) is 6. The molecule has 2 aromatic heterocycles. The second kappa shape index (κ2) is 7.26. The highest BCUT2D eigenvalue weighted by Crippen LogP contribution is 2.29. The second-order valence-electron chi connectivity index (χ2n) is 6.90. The number of carbonyl (C=O) groups excluding carboxylic acids is 2. The number of Topliss-reactive ketones (excluding diaryl/α,β-unsaturated/α-hetero) is 1. The first-order valence-corrected chi connectivity index (χ1v) is 10.5. The van der Waals surface area contributed by atoms with Gasteiger partial charge in [0.1, 0.15) is 0 Å². The highest BCUT2D eigenvalue weighted by molar-refractivity contribution is 7.91. The third-order valence-corrected chi connectivity index (χ3v) is 6.59. The van der Waals surface area contributed by atoms with Gasteiger partial charge in [-0.3, -0.25) is 9.78 Å². The molecule has 1 aliphatic rings. The van der Waals surface area contributed by atoms with Crippen molar-refractivity contribution in [3.63, 3.8) is 0 Å². The highest BCUT2D eigenvalue weighted by atomic mass is 32.2. The van der Waals surface area contributed by atoms with Gasteiger partial charge in [-0.2, -0.15) is 0 Å². The zero-order chi connectivity index (χ0) is 19.8. The molecule has 1 saturated heterocycles. The van der Waals surface area contributed by atoms with E-state index in [9.17, 15) is 18.0 Å². The quantitative estimate of drug-likeness (QED) is 0.574. The lowest BCUT2D eigenvalue weighted by atomic mass is 10.1. The number of rotatable bonds is 5. The Balaban J connectivity index is 1.71. The van der Waals surface area contributed by atoms with Gasteiger partial charge in [-0.25, -0.2) is 13.2 Å². The van der Waals surface area contributed by atoms with Crippen molar-refractivity contribution in [3.05, 3.63) is 52.6 Å². The Morgan fingerprint density at radius 3 is 2.59 bits per heavy atom. The third kappa shape index (κ3) is 4.10. The fourth-order valence-corrected chi connectivity index (χ4v) is 5.18. The minimum Gasteiger partial charge on any atom is -0.454 e. The molecule has 0 radical (unpaired) electrons. The lowest BCUT2D eigenvalue weighted by molar-refractivity contribution is 0.0474. The third-order valence-electron chi connectivity index (χ3n) is 4.84. The summed E-state index contributed by atoms with van der Waals surface area (Å²) in [5.41, 5.74) is 3.05. The van der Waals surface area contributed by atoms with Gasteiger partial charge in [-0.15, -0.1) is 0 Å². The van der Waals surface area contributed by atoms with Crippen molar-refractivity contribution in [3.8, 4) is 0 Å². The molecule has 8 heteroatoms. The van der Waals surface area contributed by atoms with Crippen molar-refractivity contribution in [2.24, 2.45) is 0 Å². The molecule has 0 amide bonds. The first-order valence-electron chi connectivity index (χ1n) is 8.70. The number of nitrogens with zero attached hydrogens (tertiary/aromatic N) is 2. The van der Waals surface area contributed by atoms with E-state index in [1.54, 1.807) is 25.1 Å². The van der Waals surface area contributed by atoms with Crippen LogP contribution in [0.2, 0.25) is 0 Å². The SMILES string of the molecule is Cc1ccc(C(=O)OCC(=O)c2cc(C)n(C3CCS(=O)(=O)C3)c2C)cn1. The zero-order valence-corrected chi connectivity index (χ0v) is 16.4. The van der Waals surface area contributed by atoms with Crippen LogP contribution in [0.5, 0.6) is 0 Å². The lowest BCUT2D eigenvalue weighted by Gasteiger charge is -2.16. The molecule has 144 valence electrons. The molecule has 0 spiro atoms. The van der Waals surface area contributed by atoms with E-state index in [1.807, 2.05) is 18.4 Å². The van der Waals surface area contributed by atoms with Crippen molar-refractivity contribution >= 4 is 21.6 Å².